The van der Waals surface area contributed by atoms with E-state index in [0.29, 0.717) is 5.41 Å². The van der Waals surface area contributed by atoms with Crippen LogP contribution in [0.2, 0.25) is 0 Å². The Bertz CT molecular complexity index is 437. The molecule has 4 nitrogen and oxygen atoms in total. The van der Waals surface area contributed by atoms with Crippen molar-refractivity contribution in [3.8, 4) is 0 Å². The Hall–Kier alpha value is -0.870. The first kappa shape index (κ1) is 14.1. The van der Waals surface area contributed by atoms with Crippen molar-refractivity contribution in [1.29, 1.82) is 0 Å². The molecule has 0 unspecified atom stereocenters. The molecular weight excluding hydrogens is 248 g/mol. The predicted molar refractivity (Wildman–Crippen MR) is 81.6 cm³/mol. The van der Waals surface area contributed by atoms with Crippen LogP contribution in [0.25, 0.3) is 0 Å². The van der Waals surface area contributed by atoms with Gasteiger partial charge in [0.15, 0.2) is 0 Å². The maximum absolute atomic E-state index is 4.57. The minimum atomic E-state index is 0.565. The summed E-state index contributed by atoms with van der Waals surface area (Å²) in [7, 11) is 2.27. The van der Waals surface area contributed by atoms with E-state index < -0.39 is 0 Å². The summed E-state index contributed by atoms with van der Waals surface area (Å²) < 4.78 is 2.32. The zero-order valence-corrected chi connectivity index (χ0v) is 13.0. The van der Waals surface area contributed by atoms with Crippen LogP contribution in [0.3, 0.4) is 0 Å². The van der Waals surface area contributed by atoms with E-state index in [1.807, 2.05) is 6.20 Å². The van der Waals surface area contributed by atoms with Crippen molar-refractivity contribution < 1.29 is 0 Å². The SMILES string of the molecule is CCCn1ccnc1CN1CCC[C@@]2(CCN(C)C2)C1. The van der Waals surface area contributed by atoms with Crippen LogP contribution in [0.15, 0.2) is 12.4 Å². The average molecular weight is 276 g/mol. The summed E-state index contributed by atoms with van der Waals surface area (Å²) in [6.45, 7) is 9.41. The Morgan fingerprint density at radius 3 is 2.90 bits per heavy atom. The number of rotatable bonds is 4. The molecule has 0 N–H and O–H groups in total. The molecule has 3 rings (SSSR count). The molecule has 0 amide bonds. The van der Waals surface area contributed by atoms with Gasteiger partial charge >= 0.3 is 0 Å². The van der Waals surface area contributed by atoms with Crippen molar-refractivity contribution in [1.82, 2.24) is 19.4 Å². The summed E-state index contributed by atoms with van der Waals surface area (Å²) >= 11 is 0. The highest BCUT2D eigenvalue weighted by atomic mass is 15.2. The van der Waals surface area contributed by atoms with Gasteiger partial charge in [-0.15, -0.1) is 0 Å². The monoisotopic (exact) mass is 276 g/mol. The second kappa shape index (κ2) is 5.86. The van der Waals surface area contributed by atoms with Gasteiger partial charge in [-0.1, -0.05) is 6.92 Å². The van der Waals surface area contributed by atoms with Crippen LogP contribution in [-0.4, -0.2) is 52.6 Å². The van der Waals surface area contributed by atoms with Gasteiger partial charge in [0.25, 0.3) is 0 Å². The molecule has 0 aromatic carbocycles. The molecule has 1 atom stereocenters. The predicted octanol–water partition coefficient (Wildman–Crippen LogP) is 2.21. The van der Waals surface area contributed by atoms with Crippen molar-refractivity contribution in [2.24, 2.45) is 5.41 Å². The van der Waals surface area contributed by atoms with Crippen LogP contribution in [0.1, 0.15) is 38.4 Å². The number of aryl methyl sites for hydroxylation is 1. The van der Waals surface area contributed by atoms with Crippen molar-refractivity contribution in [3.63, 3.8) is 0 Å². The van der Waals surface area contributed by atoms with Gasteiger partial charge in [-0.2, -0.15) is 0 Å². The molecule has 2 saturated heterocycles. The van der Waals surface area contributed by atoms with Gasteiger partial charge in [0, 0.05) is 32.0 Å². The molecule has 1 aromatic heterocycles. The van der Waals surface area contributed by atoms with Crippen LogP contribution in [0.5, 0.6) is 0 Å². The molecule has 2 fully saturated rings. The van der Waals surface area contributed by atoms with Crippen molar-refractivity contribution in [2.75, 3.05) is 33.2 Å². The largest absolute Gasteiger partial charge is 0.334 e. The van der Waals surface area contributed by atoms with Gasteiger partial charge in [-0.05, 0) is 51.2 Å². The molecular formula is C16H28N4. The van der Waals surface area contributed by atoms with E-state index in [2.05, 4.69) is 39.5 Å². The topological polar surface area (TPSA) is 24.3 Å². The van der Waals surface area contributed by atoms with Gasteiger partial charge in [-0.3, -0.25) is 4.90 Å². The fraction of sp³-hybridized carbons (Fsp3) is 0.812. The molecule has 4 heteroatoms. The number of aromatic nitrogens is 2. The van der Waals surface area contributed by atoms with Gasteiger partial charge in [0.1, 0.15) is 5.82 Å². The smallest absolute Gasteiger partial charge is 0.122 e. The van der Waals surface area contributed by atoms with E-state index in [9.17, 15) is 0 Å². The van der Waals surface area contributed by atoms with Crippen molar-refractivity contribution in [3.05, 3.63) is 18.2 Å². The highest BCUT2D eigenvalue weighted by Crippen LogP contribution is 2.38. The van der Waals surface area contributed by atoms with Gasteiger partial charge in [0.05, 0.1) is 6.54 Å². The summed E-state index contributed by atoms with van der Waals surface area (Å²) in [5.74, 6) is 1.25. The Balaban J connectivity index is 1.64. The van der Waals surface area contributed by atoms with Crippen molar-refractivity contribution in [2.45, 2.75) is 45.7 Å². The van der Waals surface area contributed by atoms with Crippen LogP contribution in [0.4, 0.5) is 0 Å². The lowest BCUT2D eigenvalue weighted by atomic mass is 9.79. The van der Waals surface area contributed by atoms with Crippen LogP contribution in [0, 0.1) is 5.41 Å². The highest BCUT2D eigenvalue weighted by Gasteiger charge is 2.40. The Labute approximate surface area is 122 Å². The molecule has 1 aromatic rings. The number of nitrogens with zero attached hydrogens (tertiary/aromatic N) is 4. The third kappa shape index (κ3) is 2.91. The van der Waals surface area contributed by atoms with Crippen LogP contribution >= 0.6 is 0 Å². The Morgan fingerprint density at radius 1 is 1.25 bits per heavy atom. The second-order valence-corrected chi connectivity index (χ2v) is 6.84. The quantitative estimate of drug-likeness (QED) is 0.843. The van der Waals surface area contributed by atoms with Crippen LogP contribution < -0.4 is 0 Å². The fourth-order valence-corrected chi connectivity index (χ4v) is 4.07. The van der Waals surface area contributed by atoms with E-state index in [4.69, 9.17) is 0 Å². The van der Waals surface area contributed by atoms with Crippen molar-refractivity contribution >= 4 is 0 Å². The van der Waals surface area contributed by atoms with E-state index in [-0.39, 0.29) is 0 Å². The third-order valence-electron chi connectivity index (χ3n) is 5.00. The lowest BCUT2D eigenvalue weighted by Gasteiger charge is -2.40. The number of hydrogen-bond donors (Lipinski definition) is 0. The minimum absolute atomic E-state index is 0.565. The van der Waals surface area contributed by atoms with E-state index >= 15 is 0 Å². The normalized spacial score (nSPS) is 28.5. The van der Waals surface area contributed by atoms with Crippen LogP contribution in [-0.2, 0) is 13.1 Å². The first-order chi connectivity index (χ1) is 9.71. The summed E-state index contributed by atoms with van der Waals surface area (Å²) in [5, 5.41) is 0. The minimum Gasteiger partial charge on any atom is -0.334 e. The molecule has 0 saturated carbocycles. The lowest BCUT2D eigenvalue weighted by molar-refractivity contribution is 0.0871. The van der Waals surface area contributed by atoms with Gasteiger partial charge in [0.2, 0.25) is 0 Å². The summed E-state index contributed by atoms with van der Waals surface area (Å²) in [5.41, 5.74) is 0.565. The lowest BCUT2D eigenvalue weighted by Crippen LogP contribution is -2.44. The molecule has 20 heavy (non-hydrogen) atoms. The highest BCUT2D eigenvalue weighted by molar-refractivity contribution is 4.97. The van der Waals surface area contributed by atoms with Gasteiger partial charge in [-0.25, -0.2) is 4.98 Å². The maximum atomic E-state index is 4.57. The first-order valence-corrected chi connectivity index (χ1v) is 8.12. The Kier molecular flexibility index (Phi) is 4.13. The maximum Gasteiger partial charge on any atom is 0.122 e. The van der Waals surface area contributed by atoms with E-state index in [1.165, 1.54) is 57.7 Å². The molecule has 0 radical (unpaired) electrons. The fourth-order valence-electron chi connectivity index (χ4n) is 4.07. The standard InChI is InChI=1S/C16H28N4/c1-3-8-20-11-7-17-15(20)12-19-9-4-5-16(14-19)6-10-18(2)13-16/h7,11H,3-6,8-10,12-14H2,1-2H3/t16-/m0/s1. The molecule has 1 spiro atoms. The zero-order chi connectivity index (χ0) is 14.0. The molecule has 0 aliphatic carbocycles. The number of piperidine rings is 1. The second-order valence-electron chi connectivity index (χ2n) is 6.84. The molecule has 0 bridgehead atoms. The zero-order valence-electron chi connectivity index (χ0n) is 13.0. The summed E-state index contributed by atoms with van der Waals surface area (Å²) in [6.07, 6.45) is 9.40. The number of imidazole rings is 1. The number of likely N-dealkylation sites (tertiary alicyclic amines) is 2. The molecule has 2 aliphatic rings. The number of hydrogen-bond acceptors (Lipinski definition) is 3. The molecule has 112 valence electrons. The first-order valence-electron chi connectivity index (χ1n) is 8.12. The Morgan fingerprint density at radius 2 is 2.15 bits per heavy atom. The molecule has 3 heterocycles. The average Bonchev–Trinajstić information content (AvgIpc) is 2.99. The van der Waals surface area contributed by atoms with E-state index in [1.54, 1.807) is 0 Å². The summed E-state index contributed by atoms with van der Waals surface area (Å²) in [4.78, 5) is 9.71. The van der Waals surface area contributed by atoms with Gasteiger partial charge < -0.3 is 9.47 Å². The third-order valence-corrected chi connectivity index (χ3v) is 5.00. The summed E-state index contributed by atoms with van der Waals surface area (Å²) in [6, 6.07) is 0. The molecule has 2 aliphatic heterocycles. The van der Waals surface area contributed by atoms with E-state index in [0.717, 1.165) is 13.1 Å².